The first-order valence-electron chi connectivity index (χ1n) is 5.96. The monoisotopic (exact) mass is 217 g/mol. The third-order valence-electron chi connectivity index (χ3n) is 3.13. The van der Waals surface area contributed by atoms with Gasteiger partial charge in [0.2, 0.25) is 5.91 Å². The van der Waals surface area contributed by atoms with Crippen LogP contribution in [0.1, 0.15) is 31.4 Å². The molecular formula is C14H19NO. The molecule has 2 nitrogen and oxygen atoms in total. The smallest absolute Gasteiger partial charge is 0.227 e. The van der Waals surface area contributed by atoms with Gasteiger partial charge in [-0.2, -0.15) is 0 Å². The summed E-state index contributed by atoms with van der Waals surface area (Å²) in [5.74, 6) is 0.908. The van der Waals surface area contributed by atoms with Crippen molar-refractivity contribution in [1.29, 1.82) is 0 Å². The van der Waals surface area contributed by atoms with Crippen LogP contribution < -0.4 is 4.90 Å². The van der Waals surface area contributed by atoms with Crippen LogP contribution in [0, 0.1) is 5.92 Å². The molecule has 0 unspecified atom stereocenters. The molecule has 0 fully saturated rings. The van der Waals surface area contributed by atoms with E-state index in [0.717, 1.165) is 18.5 Å². The molecule has 0 saturated heterocycles. The number of carbonyl (C=O) groups is 1. The van der Waals surface area contributed by atoms with Crippen LogP contribution in [-0.2, 0) is 17.6 Å². The van der Waals surface area contributed by atoms with Crippen LogP contribution in [0.25, 0.3) is 0 Å². The van der Waals surface area contributed by atoms with E-state index in [0.29, 0.717) is 12.3 Å². The molecule has 16 heavy (non-hydrogen) atoms. The van der Waals surface area contributed by atoms with Gasteiger partial charge in [-0.1, -0.05) is 26.0 Å². The number of rotatable bonds is 2. The second-order valence-corrected chi connectivity index (χ2v) is 5.01. The third kappa shape index (κ3) is 2.11. The largest absolute Gasteiger partial charge is 0.315 e. The molecule has 2 heteroatoms. The summed E-state index contributed by atoms with van der Waals surface area (Å²) >= 11 is 0. The van der Waals surface area contributed by atoms with Crippen LogP contribution in [-0.4, -0.2) is 13.0 Å². The average Bonchev–Trinajstić information content (AvgIpc) is 2.23. The lowest BCUT2D eigenvalue weighted by Gasteiger charge is -2.26. The van der Waals surface area contributed by atoms with Gasteiger partial charge in [0.15, 0.2) is 0 Å². The number of benzene rings is 1. The van der Waals surface area contributed by atoms with E-state index in [-0.39, 0.29) is 5.91 Å². The van der Waals surface area contributed by atoms with E-state index in [9.17, 15) is 4.79 Å². The molecule has 2 rings (SSSR count). The Labute approximate surface area is 97.3 Å². The topological polar surface area (TPSA) is 20.3 Å². The predicted octanol–water partition coefficient (Wildman–Crippen LogP) is 2.79. The fourth-order valence-corrected chi connectivity index (χ4v) is 2.31. The molecule has 0 aromatic heterocycles. The molecular weight excluding hydrogens is 198 g/mol. The van der Waals surface area contributed by atoms with Crippen molar-refractivity contribution in [3.8, 4) is 0 Å². The average molecular weight is 217 g/mol. The van der Waals surface area contributed by atoms with Crippen molar-refractivity contribution in [2.45, 2.75) is 33.1 Å². The Bertz CT molecular complexity index is 409. The highest BCUT2D eigenvalue weighted by atomic mass is 16.2. The standard InChI is InChI=1S/C14H19NO/c1-10(2)8-11-4-6-13-12(9-11)5-7-14(16)15(13)3/h4,6,9-10H,5,7-8H2,1-3H3. The maximum atomic E-state index is 11.5. The Morgan fingerprint density at radius 3 is 2.75 bits per heavy atom. The SMILES string of the molecule is CC(C)Cc1ccc2c(c1)CCC(=O)N2C. The highest BCUT2D eigenvalue weighted by molar-refractivity contribution is 5.95. The Morgan fingerprint density at radius 1 is 1.31 bits per heavy atom. The number of carbonyl (C=O) groups excluding carboxylic acids is 1. The fraction of sp³-hybridized carbons (Fsp3) is 0.500. The van der Waals surface area contributed by atoms with E-state index in [1.807, 2.05) is 7.05 Å². The molecule has 86 valence electrons. The Balaban J connectivity index is 2.30. The number of amides is 1. The Kier molecular flexibility index (Phi) is 2.99. The van der Waals surface area contributed by atoms with Gasteiger partial charge in [-0.05, 0) is 36.0 Å². The summed E-state index contributed by atoms with van der Waals surface area (Å²) in [5, 5.41) is 0. The minimum absolute atomic E-state index is 0.226. The lowest BCUT2D eigenvalue weighted by molar-refractivity contribution is -0.118. The van der Waals surface area contributed by atoms with Crippen molar-refractivity contribution in [1.82, 2.24) is 0 Å². The van der Waals surface area contributed by atoms with Crippen molar-refractivity contribution < 1.29 is 4.79 Å². The van der Waals surface area contributed by atoms with Gasteiger partial charge >= 0.3 is 0 Å². The van der Waals surface area contributed by atoms with Gasteiger partial charge in [0.1, 0.15) is 0 Å². The molecule has 0 spiro atoms. The van der Waals surface area contributed by atoms with Gasteiger partial charge in [0, 0.05) is 19.2 Å². The maximum absolute atomic E-state index is 11.5. The zero-order chi connectivity index (χ0) is 11.7. The zero-order valence-electron chi connectivity index (χ0n) is 10.3. The summed E-state index contributed by atoms with van der Waals surface area (Å²) in [6, 6.07) is 6.50. The van der Waals surface area contributed by atoms with Crippen LogP contribution in [0.5, 0.6) is 0 Å². The number of hydrogen-bond donors (Lipinski definition) is 0. The summed E-state index contributed by atoms with van der Waals surface area (Å²) < 4.78 is 0. The van der Waals surface area contributed by atoms with Crippen LogP contribution >= 0.6 is 0 Å². The summed E-state index contributed by atoms with van der Waals surface area (Å²) in [5.41, 5.74) is 3.79. The highest BCUT2D eigenvalue weighted by Crippen LogP contribution is 2.28. The normalized spacial score (nSPS) is 15.5. The minimum Gasteiger partial charge on any atom is -0.315 e. The number of nitrogens with zero attached hydrogens (tertiary/aromatic N) is 1. The van der Waals surface area contributed by atoms with Gasteiger partial charge in [-0.3, -0.25) is 4.79 Å². The lowest BCUT2D eigenvalue weighted by Crippen LogP contribution is -2.31. The van der Waals surface area contributed by atoms with Crippen LogP contribution in [0.2, 0.25) is 0 Å². The van der Waals surface area contributed by atoms with Crippen molar-refractivity contribution in [2.75, 3.05) is 11.9 Å². The third-order valence-corrected chi connectivity index (χ3v) is 3.13. The van der Waals surface area contributed by atoms with Gasteiger partial charge in [-0.15, -0.1) is 0 Å². The lowest BCUT2D eigenvalue weighted by atomic mass is 9.95. The van der Waals surface area contributed by atoms with E-state index in [2.05, 4.69) is 32.0 Å². The summed E-state index contributed by atoms with van der Waals surface area (Å²) in [7, 11) is 1.86. The van der Waals surface area contributed by atoms with Crippen LogP contribution in [0.3, 0.4) is 0 Å². The summed E-state index contributed by atoms with van der Waals surface area (Å²) in [6.45, 7) is 4.46. The first kappa shape index (κ1) is 11.2. The molecule has 0 radical (unpaired) electrons. The molecule has 0 bridgehead atoms. The number of hydrogen-bond acceptors (Lipinski definition) is 1. The van der Waals surface area contributed by atoms with Crippen molar-refractivity contribution >= 4 is 11.6 Å². The second-order valence-electron chi connectivity index (χ2n) is 5.01. The van der Waals surface area contributed by atoms with Crippen molar-refractivity contribution in [3.63, 3.8) is 0 Å². The molecule has 0 aliphatic carbocycles. The highest BCUT2D eigenvalue weighted by Gasteiger charge is 2.20. The molecule has 0 atom stereocenters. The molecule has 0 N–H and O–H groups in total. The zero-order valence-corrected chi connectivity index (χ0v) is 10.3. The van der Waals surface area contributed by atoms with E-state index in [1.54, 1.807) is 4.90 Å². The van der Waals surface area contributed by atoms with E-state index in [4.69, 9.17) is 0 Å². The van der Waals surface area contributed by atoms with Gasteiger partial charge in [0.25, 0.3) is 0 Å². The Morgan fingerprint density at radius 2 is 2.06 bits per heavy atom. The van der Waals surface area contributed by atoms with E-state index >= 15 is 0 Å². The van der Waals surface area contributed by atoms with Gasteiger partial charge < -0.3 is 4.90 Å². The summed E-state index contributed by atoms with van der Waals surface area (Å²) in [6.07, 6.45) is 2.66. The second kappa shape index (κ2) is 4.28. The number of anilines is 1. The maximum Gasteiger partial charge on any atom is 0.227 e. The molecule has 1 aromatic carbocycles. The number of fused-ring (bicyclic) bond motifs is 1. The molecule has 1 heterocycles. The van der Waals surface area contributed by atoms with Gasteiger partial charge in [-0.25, -0.2) is 0 Å². The van der Waals surface area contributed by atoms with E-state index in [1.165, 1.54) is 11.1 Å². The molecule has 1 aliphatic rings. The Hall–Kier alpha value is -1.31. The minimum atomic E-state index is 0.226. The van der Waals surface area contributed by atoms with Crippen LogP contribution in [0.4, 0.5) is 5.69 Å². The quantitative estimate of drug-likeness (QED) is 0.746. The summed E-state index contributed by atoms with van der Waals surface area (Å²) in [4.78, 5) is 13.3. The molecule has 1 amide bonds. The van der Waals surface area contributed by atoms with Crippen molar-refractivity contribution in [2.24, 2.45) is 5.92 Å². The van der Waals surface area contributed by atoms with Gasteiger partial charge in [0.05, 0.1) is 0 Å². The van der Waals surface area contributed by atoms with E-state index < -0.39 is 0 Å². The van der Waals surface area contributed by atoms with Crippen LogP contribution in [0.15, 0.2) is 18.2 Å². The number of aryl methyl sites for hydroxylation is 1. The first-order valence-corrected chi connectivity index (χ1v) is 5.96. The molecule has 1 aromatic rings. The molecule has 1 aliphatic heterocycles. The first-order chi connectivity index (χ1) is 7.58. The van der Waals surface area contributed by atoms with Crippen molar-refractivity contribution in [3.05, 3.63) is 29.3 Å². The fourth-order valence-electron chi connectivity index (χ4n) is 2.31. The molecule has 0 saturated carbocycles. The predicted molar refractivity (Wildman–Crippen MR) is 66.7 cm³/mol.